The van der Waals surface area contributed by atoms with Gasteiger partial charge in [0.25, 0.3) is 0 Å². The van der Waals surface area contributed by atoms with Crippen LogP contribution in [0.2, 0.25) is 10.0 Å². The van der Waals surface area contributed by atoms with Crippen molar-refractivity contribution in [3.63, 3.8) is 0 Å². The molecule has 4 nitrogen and oxygen atoms in total. The summed E-state index contributed by atoms with van der Waals surface area (Å²) in [7, 11) is 0. The van der Waals surface area contributed by atoms with Crippen LogP contribution < -0.4 is 10.6 Å². The highest BCUT2D eigenvalue weighted by Gasteiger charge is 2.12. The zero-order valence-corrected chi connectivity index (χ0v) is 13.9. The second kappa shape index (κ2) is 6.52. The molecule has 0 radical (unpaired) electrons. The molecule has 0 aliphatic heterocycles. The zero-order valence-electron chi connectivity index (χ0n) is 12.4. The van der Waals surface area contributed by atoms with E-state index in [1.165, 1.54) is 0 Å². The Kier molecular flexibility index (Phi) is 4.46. The van der Waals surface area contributed by atoms with Gasteiger partial charge < -0.3 is 15.6 Å². The number of carbonyl (C=O) groups excluding carboxylic acids is 1. The predicted octanol–water partition coefficient (Wildman–Crippen LogP) is 5.36. The number of H-pyrrole nitrogens is 1. The SMILES string of the molecule is CC(NC(=O)Nc1cccc2[nH]ccc12)c1ccc(Cl)c(Cl)c1. The van der Waals surface area contributed by atoms with Crippen LogP contribution in [0.5, 0.6) is 0 Å². The van der Waals surface area contributed by atoms with Crippen LogP contribution >= 0.6 is 23.2 Å². The molecule has 3 rings (SSSR count). The number of benzene rings is 2. The van der Waals surface area contributed by atoms with Crippen LogP contribution in [0.4, 0.5) is 10.5 Å². The molecule has 3 aromatic rings. The number of nitrogens with one attached hydrogen (secondary N) is 3. The molecule has 0 saturated heterocycles. The maximum atomic E-state index is 12.2. The average Bonchev–Trinajstić information content (AvgIpc) is 2.99. The van der Waals surface area contributed by atoms with Gasteiger partial charge in [-0.15, -0.1) is 0 Å². The third-order valence-electron chi connectivity index (χ3n) is 3.63. The summed E-state index contributed by atoms with van der Waals surface area (Å²) in [6.45, 7) is 1.88. The largest absolute Gasteiger partial charge is 0.361 e. The van der Waals surface area contributed by atoms with Crippen molar-refractivity contribution >= 4 is 45.8 Å². The molecular weight excluding hydrogens is 333 g/mol. The number of hydrogen-bond acceptors (Lipinski definition) is 1. The fraction of sp³-hybridized carbons (Fsp3) is 0.118. The molecular formula is C17H15Cl2N3O. The highest BCUT2D eigenvalue weighted by Crippen LogP contribution is 2.26. The highest BCUT2D eigenvalue weighted by atomic mass is 35.5. The molecule has 6 heteroatoms. The van der Waals surface area contributed by atoms with Crippen LogP contribution in [0, 0.1) is 0 Å². The van der Waals surface area contributed by atoms with Gasteiger partial charge in [-0.3, -0.25) is 0 Å². The Morgan fingerprint density at radius 1 is 1.13 bits per heavy atom. The molecule has 2 amide bonds. The van der Waals surface area contributed by atoms with Crippen LogP contribution in [0.25, 0.3) is 10.9 Å². The normalized spacial score (nSPS) is 12.1. The lowest BCUT2D eigenvalue weighted by atomic mass is 10.1. The second-order valence-corrected chi connectivity index (χ2v) is 6.05. The number of aromatic amines is 1. The fourth-order valence-corrected chi connectivity index (χ4v) is 2.72. The van der Waals surface area contributed by atoms with Gasteiger partial charge in [-0.05, 0) is 42.8 Å². The number of halogens is 2. The summed E-state index contributed by atoms with van der Waals surface area (Å²) in [6, 6.07) is 12.5. The van der Waals surface area contributed by atoms with E-state index in [2.05, 4.69) is 15.6 Å². The summed E-state index contributed by atoms with van der Waals surface area (Å²) in [5.41, 5.74) is 2.61. The highest BCUT2D eigenvalue weighted by molar-refractivity contribution is 6.42. The predicted molar refractivity (Wildman–Crippen MR) is 95.3 cm³/mol. The van der Waals surface area contributed by atoms with Crippen molar-refractivity contribution in [2.24, 2.45) is 0 Å². The second-order valence-electron chi connectivity index (χ2n) is 5.24. The van der Waals surface area contributed by atoms with E-state index in [0.717, 1.165) is 22.2 Å². The van der Waals surface area contributed by atoms with E-state index in [1.807, 2.05) is 43.5 Å². The Bertz CT molecular complexity index is 860. The summed E-state index contributed by atoms with van der Waals surface area (Å²) in [6.07, 6.45) is 1.84. The molecule has 0 aliphatic carbocycles. The fourth-order valence-electron chi connectivity index (χ4n) is 2.41. The van der Waals surface area contributed by atoms with Crippen molar-refractivity contribution < 1.29 is 4.79 Å². The van der Waals surface area contributed by atoms with Crippen molar-refractivity contribution in [1.82, 2.24) is 10.3 Å². The van der Waals surface area contributed by atoms with Crippen molar-refractivity contribution in [3.05, 3.63) is 64.3 Å². The van der Waals surface area contributed by atoms with Crippen LogP contribution in [-0.4, -0.2) is 11.0 Å². The van der Waals surface area contributed by atoms with Gasteiger partial charge >= 0.3 is 6.03 Å². The topological polar surface area (TPSA) is 56.9 Å². The van der Waals surface area contributed by atoms with Crippen LogP contribution in [0.3, 0.4) is 0 Å². The first-order valence-electron chi connectivity index (χ1n) is 7.13. The molecule has 3 N–H and O–H groups in total. The van der Waals surface area contributed by atoms with Crippen molar-refractivity contribution in [2.75, 3.05) is 5.32 Å². The lowest BCUT2D eigenvalue weighted by Crippen LogP contribution is -2.31. The van der Waals surface area contributed by atoms with Gasteiger partial charge in [0.15, 0.2) is 0 Å². The molecule has 118 valence electrons. The number of urea groups is 1. The van der Waals surface area contributed by atoms with Crippen molar-refractivity contribution in [2.45, 2.75) is 13.0 Å². The molecule has 1 heterocycles. The Balaban J connectivity index is 1.71. The Labute approximate surface area is 143 Å². The van der Waals surface area contributed by atoms with Gasteiger partial charge in [-0.2, -0.15) is 0 Å². The molecule has 2 aromatic carbocycles. The van der Waals surface area contributed by atoms with Gasteiger partial charge in [0, 0.05) is 17.1 Å². The molecule has 0 saturated carbocycles. The molecule has 0 aliphatic rings. The number of aromatic nitrogens is 1. The average molecular weight is 348 g/mol. The van der Waals surface area contributed by atoms with Crippen LogP contribution in [-0.2, 0) is 0 Å². The van der Waals surface area contributed by atoms with E-state index in [0.29, 0.717) is 10.0 Å². The van der Waals surface area contributed by atoms with Crippen molar-refractivity contribution in [3.8, 4) is 0 Å². The van der Waals surface area contributed by atoms with E-state index in [-0.39, 0.29) is 12.1 Å². The lowest BCUT2D eigenvalue weighted by Gasteiger charge is -2.16. The third kappa shape index (κ3) is 3.44. The molecule has 0 bridgehead atoms. The number of rotatable bonds is 3. The molecule has 0 spiro atoms. The smallest absolute Gasteiger partial charge is 0.319 e. The Hall–Kier alpha value is -2.17. The van der Waals surface area contributed by atoms with Gasteiger partial charge in [0.1, 0.15) is 0 Å². The summed E-state index contributed by atoms with van der Waals surface area (Å²) in [4.78, 5) is 15.3. The first-order chi connectivity index (χ1) is 11.0. The van der Waals surface area contributed by atoms with E-state index >= 15 is 0 Å². The standard InChI is InChI=1S/C17H15Cl2N3O/c1-10(11-5-6-13(18)14(19)9-11)21-17(23)22-16-4-2-3-15-12(16)7-8-20-15/h2-10,20H,1H3,(H2,21,22,23). The van der Waals surface area contributed by atoms with Gasteiger partial charge in [0.05, 0.1) is 21.8 Å². The minimum Gasteiger partial charge on any atom is -0.361 e. The van der Waals surface area contributed by atoms with E-state index in [4.69, 9.17) is 23.2 Å². The zero-order chi connectivity index (χ0) is 16.4. The summed E-state index contributed by atoms with van der Waals surface area (Å²) in [5, 5.41) is 7.68. The van der Waals surface area contributed by atoms with Crippen molar-refractivity contribution in [1.29, 1.82) is 0 Å². The van der Waals surface area contributed by atoms with E-state index < -0.39 is 0 Å². The first kappa shape index (κ1) is 15.7. The minimum atomic E-state index is -0.280. The minimum absolute atomic E-state index is 0.199. The molecule has 1 aromatic heterocycles. The first-order valence-corrected chi connectivity index (χ1v) is 7.89. The molecule has 1 atom stereocenters. The van der Waals surface area contributed by atoms with E-state index in [1.54, 1.807) is 12.1 Å². The summed E-state index contributed by atoms with van der Waals surface area (Å²) in [5.74, 6) is 0. The molecule has 0 fully saturated rings. The summed E-state index contributed by atoms with van der Waals surface area (Å²) >= 11 is 11.9. The van der Waals surface area contributed by atoms with Gasteiger partial charge in [-0.1, -0.05) is 35.3 Å². The monoisotopic (exact) mass is 347 g/mol. The third-order valence-corrected chi connectivity index (χ3v) is 4.37. The van der Waals surface area contributed by atoms with Gasteiger partial charge in [-0.25, -0.2) is 4.79 Å². The maximum Gasteiger partial charge on any atom is 0.319 e. The number of anilines is 1. The van der Waals surface area contributed by atoms with Gasteiger partial charge in [0.2, 0.25) is 0 Å². The summed E-state index contributed by atoms with van der Waals surface area (Å²) < 4.78 is 0. The Morgan fingerprint density at radius 3 is 2.74 bits per heavy atom. The van der Waals surface area contributed by atoms with E-state index in [9.17, 15) is 4.79 Å². The van der Waals surface area contributed by atoms with Crippen LogP contribution in [0.1, 0.15) is 18.5 Å². The quantitative estimate of drug-likeness (QED) is 0.587. The number of amides is 2. The number of fused-ring (bicyclic) bond motifs is 1. The number of hydrogen-bond donors (Lipinski definition) is 3. The molecule has 23 heavy (non-hydrogen) atoms. The number of carbonyl (C=O) groups is 1. The molecule has 1 unspecified atom stereocenters. The van der Waals surface area contributed by atoms with Crippen LogP contribution in [0.15, 0.2) is 48.7 Å². The lowest BCUT2D eigenvalue weighted by molar-refractivity contribution is 0.249. The Morgan fingerprint density at radius 2 is 1.96 bits per heavy atom. The maximum absolute atomic E-state index is 12.2.